The number of hydrogen-bond donors (Lipinski definition) is 1. The molecule has 2 heterocycles. The van der Waals surface area contributed by atoms with E-state index in [4.69, 9.17) is 0 Å². The van der Waals surface area contributed by atoms with Crippen molar-refractivity contribution < 1.29 is 5.11 Å². The van der Waals surface area contributed by atoms with Crippen LogP contribution in [0.2, 0.25) is 0 Å². The van der Waals surface area contributed by atoms with Crippen molar-refractivity contribution in [2.45, 2.75) is 20.4 Å². The maximum Gasteiger partial charge on any atom is 0.211 e. The van der Waals surface area contributed by atoms with Gasteiger partial charge >= 0.3 is 0 Å². The van der Waals surface area contributed by atoms with Gasteiger partial charge in [-0.25, -0.2) is 0 Å². The summed E-state index contributed by atoms with van der Waals surface area (Å²) in [5, 5.41) is 10.4. The molecule has 0 unspecified atom stereocenters. The van der Waals surface area contributed by atoms with Crippen LogP contribution >= 0.6 is 27.3 Å². The number of fused-ring (bicyclic) bond motifs is 1. The maximum absolute atomic E-state index is 10.4. The molecule has 1 aliphatic rings. The Kier molecular flexibility index (Phi) is 4.31. The lowest BCUT2D eigenvalue weighted by molar-refractivity contribution is 0.415. The molecule has 0 bridgehead atoms. The number of rotatable bonds is 3. The zero-order valence-corrected chi connectivity index (χ0v) is 14.8. The molecular weight excluding hydrogens is 362 g/mol. The third-order valence-corrected chi connectivity index (χ3v) is 4.96. The second kappa shape index (κ2) is 6.22. The Morgan fingerprint density at radius 1 is 1.41 bits per heavy atom. The summed E-state index contributed by atoms with van der Waals surface area (Å²) in [6.45, 7) is 5.39. The zero-order valence-electron chi connectivity index (χ0n) is 12.4. The van der Waals surface area contributed by atoms with E-state index in [0.29, 0.717) is 13.1 Å². The second-order valence-electron chi connectivity index (χ2n) is 4.81. The van der Waals surface area contributed by atoms with Crippen molar-refractivity contribution in [3.63, 3.8) is 0 Å². The second-order valence-corrected chi connectivity index (χ2v) is 6.74. The predicted molar refractivity (Wildman–Crippen MR) is 95.9 cm³/mol. The fourth-order valence-corrected chi connectivity index (χ4v) is 3.84. The molecule has 0 atom stereocenters. The normalized spacial score (nSPS) is 15.8. The van der Waals surface area contributed by atoms with Crippen LogP contribution in [0.4, 0.5) is 5.69 Å². The molecule has 4 nitrogen and oxygen atoms in total. The lowest BCUT2D eigenvalue weighted by Crippen LogP contribution is -2.13. The number of aromatic nitrogens is 1. The molecule has 0 saturated carbocycles. The maximum atomic E-state index is 10.4. The van der Waals surface area contributed by atoms with E-state index >= 15 is 0 Å². The van der Waals surface area contributed by atoms with Crippen molar-refractivity contribution in [3.05, 3.63) is 37.9 Å². The topological polar surface area (TPSA) is 49.9 Å². The van der Waals surface area contributed by atoms with Gasteiger partial charge in [-0.2, -0.15) is 0 Å². The van der Waals surface area contributed by atoms with Crippen LogP contribution in [-0.4, -0.2) is 22.4 Å². The number of benzene rings is 1. The molecule has 6 heteroatoms. The summed E-state index contributed by atoms with van der Waals surface area (Å²) in [5.74, 6) is 0.268. The highest BCUT2D eigenvalue weighted by atomic mass is 79.9. The summed E-state index contributed by atoms with van der Waals surface area (Å²) in [4.78, 5) is 10.5. The van der Waals surface area contributed by atoms with Gasteiger partial charge in [-0.15, -0.1) is 0 Å². The van der Waals surface area contributed by atoms with Crippen LogP contribution in [0.5, 0.6) is 5.88 Å². The standard InChI is InChI=1S/C16H16BrN3OS/c1-3-18-16-20(4-2)15(21)14(22-16)7-10-9-19-13-6-5-11(17)8-12(10)13/h5-9,21H,3-4H2,1-2H3/b10-7+,18-16?. The van der Waals surface area contributed by atoms with Crippen molar-refractivity contribution in [1.29, 1.82) is 0 Å². The molecule has 1 aromatic heterocycles. The lowest BCUT2D eigenvalue weighted by atomic mass is 10.1. The van der Waals surface area contributed by atoms with Gasteiger partial charge < -0.3 is 5.11 Å². The van der Waals surface area contributed by atoms with Crippen LogP contribution < -0.4 is 4.80 Å². The van der Waals surface area contributed by atoms with Gasteiger partial charge in [-0.3, -0.25) is 14.6 Å². The zero-order chi connectivity index (χ0) is 15.7. The monoisotopic (exact) mass is 377 g/mol. The van der Waals surface area contributed by atoms with Gasteiger partial charge in [0.25, 0.3) is 0 Å². The summed E-state index contributed by atoms with van der Waals surface area (Å²) < 4.78 is 2.84. The van der Waals surface area contributed by atoms with Gasteiger partial charge in [0.05, 0.1) is 10.6 Å². The van der Waals surface area contributed by atoms with Crippen molar-refractivity contribution >= 4 is 50.8 Å². The fraction of sp³-hybridized carbons (Fsp3) is 0.250. The van der Waals surface area contributed by atoms with E-state index in [1.807, 2.05) is 48.9 Å². The Labute approximate surface area is 141 Å². The number of nitrogens with zero attached hydrogens (tertiary/aromatic N) is 3. The van der Waals surface area contributed by atoms with Crippen molar-refractivity contribution in [2.75, 3.05) is 6.54 Å². The molecule has 0 spiro atoms. The number of halogens is 1. The Morgan fingerprint density at radius 2 is 2.23 bits per heavy atom. The molecule has 114 valence electrons. The van der Waals surface area contributed by atoms with E-state index in [9.17, 15) is 5.11 Å². The predicted octanol–water partition coefficient (Wildman–Crippen LogP) is 4.21. The smallest absolute Gasteiger partial charge is 0.211 e. The number of hydrogen-bond acceptors (Lipinski definition) is 4. The van der Waals surface area contributed by atoms with E-state index in [2.05, 4.69) is 25.9 Å². The third kappa shape index (κ3) is 2.68. The molecule has 0 fully saturated rings. The average molecular weight is 378 g/mol. The largest absolute Gasteiger partial charge is 0.493 e. The van der Waals surface area contributed by atoms with Crippen LogP contribution in [0.1, 0.15) is 24.3 Å². The highest BCUT2D eigenvalue weighted by molar-refractivity contribution is 9.10. The van der Waals surface area contributed by atoms with E-state index < -0.39 is 0 Å². The molecule has 0 radical (unpaired) electrons. The summed E-state index contributed by atoms with van der Waals surface area (Å²) >= 11 is 4.99. The van der Waals surface area contributed by atoms with Gasteiger partial charge in [0.1, 0.15) is 0 Å². The lowest BCUT2D eigenvalue weighted by Gasteiger charge is -2.01. The third-order valence-electron chi connectivity index (χ3n) is 3.42. The summed E-state index contributed by atoms with van der Waals surface area (Å²) in [6, 6.07) is 6.00. The van der Waals surface area contributed by atoms with Gasteiger partial charge in [0, 0.05) is 34.9 Å². The highest BCUT2D eigenvalue weighted by Gasteiger charge is 2.15. The van der Waals surface area contributed by atoms with Crippen molar-refractivity contribution in [3.8, 4) is 5.88 Å². The molecular formula is C16H16BrN3OS. The Morgan fingerprint density at radius 3 is 2.95 bits per heavy atom. The molecule has 0 aliphatic carbocycles. The van der Waals surface area contributed by atoms with Crippen LogP contribution in [-0.2, 0) is 6.54 Å². The van der Waals surface area contributed by atoms with E-state index in [1.165, 1.54) is 11.3 Å². The summed E-state index contributed by atoms with van der Waals surface area (Å²) in [5.41, 5.74) is 3.02. The van der Waals surface area contributed by atoms with E-state index in [1.54, 1.807) is 0 Å². The van der Waals surface area contributed by atoms with Crippen LogP contribution in [0.15, 0.2) is 32.7 Å². The molecule has 1 aromatic carbocycles. The number of allylic oxidation sites excluding steroid dienone is 1. The molecule has 22 heavy (non-hydrogen) atoms. The van der Waals surface area contributed by atoms with Crippen LogP contribution in [0, 0.1) is 0 Å². The molecule has 2 aromatic rings. The summed E-state index contributed by atoms with van der Waals surface area (Å²) in [6.07, 6.45) is 3.81. The molecule has 1 N–H and O–H groups in total. The van der Waals surface area contributed by atoms with Crippen LogP contribution in [0.25, 0.3) is 11.6 Å². The number of aliphatic imine (C=N–C) groups is 1. The van der Waals surface area contributed by atoms with E-state index in [0.717, 1.165) is 31.0 Å². The minimum Gasteiger partial charge on any atom is -0.493 e. The van der Waals surface area contributed by atoms with Crippen molar-refractivity contribution in [2.24, 2.45) is 9.98 Å². The minimum absolute atomic E-state index is 0.268. The van der Waals surface area contributed by atoms with Gasteiger partial charge in [0.15, 0.2) is 4.80 Å². The number of thiazole rings is 1. The molecule has 3 rings (SSSR count). The Hall–Kier alpha value is -1.66. The SMILES string of the molecule is CCN=c1sc(/C=C2\C=Nc3ccc(Br)cc32)c(O)n1CC. The summed E-state index contributed by atoms with van der Waals surface area (Å²) in [7, 11) is 0. The first-order valence-electron chi connectivity index (χ1n) is 7.12. The first-order valence-corrected chi connectivity index (χ1v) is 8.73. The molecule has 1 aliphatic heterocycles. The van der Waals surface area contributed by atoms with Gasteiger partial charge in [-0.05, 0) is 38.1 Å². The highest BCUT2D eigenvalue weighted by Crippen LogP contribution is 2.36. The van der Waals surface area contributed by atoms with E-state index in [-0.39, 0.29) is 5.88 Å². The minimum atomic E-state index is 0.268. The van der Waals surface area contributed by atoms with Gasteiger partial charge in [-0.1, -0.05) is 27.3 Å². The quantitative estimate of drug-likeness (QED) is 0.855. The first-order chi connectivity index (χ1) is 10.6. The Bertz CT molecular complexity index is 846. The van der Waals surface area contributed by atoms with Gasteiger partial charge in [0.2, 0.25) is 5.88 Å². The average Bonchev–Trinajstić information content (AvgIpc) is 3.02. The molecule has 0 amide bonds. The van der Waals surface area contributed by atoms with Crippen molar-refractivity contribution in [1.82, 2.24) is 4.57 Å². The molecule has 0 saturated heterocycles. The fourth-order valence-electron chi connectivity index (χ4n) is 2.37. The number of aromatic hydroxyl groups is 1. The first kappa shape index (κ1) is 15.2. The van der Waals surface area contributed by atoms with Crippen LogP contribution in [0.3, 0.4) is 0 Å². The Balaban J connectivity index is 2.11.